The lowest BCUT2D eigenvalue weighted by Crippen LogP contribution is -2.05. The van der Waals surface area contributed by atoms with Gasteiger partial charge in [-0.2, -0.15) is 0 Å². The summed E-state index contributed by atoms with van der Waals surface area (Å²) in [6.07, 6.45) is 2.71. The predicted octanol–water partition coefficient (Wildman–Crippen LogP) is 5.01. The topological polar surface area (TPSA) is 60.7 Å². The largest absolute Gasteiger partial charge is 0.497 e. The van der Waals surface area contributed by atoms with Gasteiger partial charge in [0, 0.05) is 29.0 Å². The van der Waals surface area contributed by atoms with Crippen LogP contribution in [0.3, 0.4) is 0 Å². The van der Waals surface area contributed by atoms with Crippen molar-refractivity contribution in [1.29, 1.82) is 0 Å². The van der Waals surface area contributed by atoms with Gasteiger partial charge in [0.15, 0.2) is 0 Å². The fourth-order valence-corrected chi connectivity index (χ4v) is 3.77. The molecule has 0 unspecified atom stereocenters. The summed E-state index contributed by atoms with van der Waals surface area (Å²) in [5.74, 6) is 0.821. The second kappa shape index (κ2) is 8.39. The van der Waals surface area contributed by atoms with Crippen LogP contribution in [-0.2, 0) is 11.2 Å². The zero-order valence-electron chi connectivity index (χ0n) is 15.6. The number of aryl methyl sites for hydroxylation is 1. The molecule has 6 heteroatoms. The summed E-state index contributed by atoms with van der Waals surface area (Å²) in [7, 11) is 1.65. The molecular formula is C21H23NO4S. The molecule has 1 aromatic heterocycles. The molecule has 2 aromatic carbocycles. The Kier molecular flexibility index (Phi) is 5.96. The van der Waals surface area contributed by atoms with Gasteiger partial charge in [0.05, 0.1) is 18.7 Å². The van der Waals surface area contributed by atoms with Crippen LogP contribution < -0.4 is 9.47 Å². The second-order valence-corrected chi connectivity index (χ2v) is 7.53. The lowest BCUT2D eigenvalue weighted by Gasteiger charge is -2.11. The molecule has 0 aliphatic carbocycles. The van der Waals surface area contributed by atoms with Crippen LogP contribution in [0.15, 0.2) is 53.6 Å². The van der Waals surface area contributed by atoms with Gasteiger partial charge in [-0.25, -0.2) is 0 Å². The smallest absolute Gasteiger partial charge is 0.303 e. The number of methoxy groups -OCH3 is 1. The Labute approximate surface area is 163 Å². The number of carboxylic acid groups (broad SMARTS) is 1. The van der Waals surface area contributed by atoms with Crippen LogP contribution in [-0.4, -0.2) is 28.3 Å². The van der Waals surface area contributed by atoms with Gasteiger partial charge in [0.1, 0.15) is 11.5 Å². The highest BCUT2D eigenvalue weighted by Gasteiger charge is 2.13. The third kappa shape index (κ3) is 4.77. The summed E-state index contributed by atoms with van der Waals surface area (Å²) < 4.78 is 13.1. The second-order valence-electron chi connectivity index (χ2n) is 6.49. The van der Waals surface area contributed by atoms with Gasteiger partial charge in [-0.05, 0) is 74.2 Å². The number of carbonyl (C=O) groups is 1. The Morgan fingerprint density at radius 1 is 1.15 bits per heavy atom. The van der Waals surface area contributed by atoms with E-state index >= 15 is 0 Å². The van der Waals surface area contributed by atoms with E-state index in [1.54, 1.807) is 19.1 Å². The number of hydrogen-bond acceptors (Lipinski definition) is 4. The highest BCUT2D eigenvalue weighted by molar-refractivity contribution is 7.98. The lowest BCUT2D eigenvalue weighted by atomic mass is 10.1. The molecule has 3 aromatic rings. The first-order valence-corrected chi connectivity index (χ1v) is 9.58. The van der Waals surface area contributed by atoms with E-state index in [1.165, 1.54) is 0 Å². The van der Waals surface area contributed by atoms with Crippen LogP contribution in [0.5, 0.6) is 11.5 Å². The van der Waals surface area contributed by atoms with Crippen molar-refractivity contribution < 1.29 is 19.4 Å². The molecule has 1 N–H and O–H groups in total. The van der Waals surface area contributed by atoms with Crippen LogP contribution in [0.4, 0.5) is 0 Å². The lowest BCUT2D eigenvalue weighted by molar-refractivity contribution is -0.136. The maximum Gasteiger partial charge on any atom is 0.303 e. The van der Waals surface area contributed by atoms with Gasteiger partial charge in [0.2, 0.25) is 0 Å². The molecule has 0 saturated carbocycles. The molecule has 0 radical (unpaired) electrons. The summed E-state index contributed by atoms with van der Waals surface area (Å²) in [4.78, 5) is 12.1. The molecule has 0 bridgehead atoms. The molecule has 142 valence electrons. The molecule has 0 amide bonds. The number of hydrogen-bond donors (Lipinski definition) is 1. The van der Waals surface area contributed by atoms with Crippen molar-refractivity contribution in [3.8, 4) is 11.5 Å². The highest BCUT2D eigenvalue weighted by atomic mass is 32.2. The summed E-state index contributed by atoms with van der Waals surface area (Å²) >= 11 is 1.58. The third-order valence-corrected chi connectivity index (χ3v) is 5.05. The Morgan fingerprint density at radius 2 is 1.85 bits per heavy atom. The molecule has 0 spiro atoms. The number of aliphatic carboxylic acids is 1. The van der Waals surface area contributed by atoms with E-state index in [4.69, 9.17) is 14.6 Å². The van der Waals surface area contributed by atoms with Gasteiger partial charge in [-0.3, -0.25) is 8.77 Å². The van der Waals surface area contributed by atoms with E-state index in [0.29, 0.717) is 6.42 Å². The number of ether oxygens (including phenoxy) is 2. The number of aromatic nitrogens is 1. The number of carboxylic acids is 1. The minimum atomic E-state index is -0.793. The quantitative estimate of drug-likeness (QED) is 0.591. The van der Waals surface area contributed by atoms with Gasteiger partial charge < -0.3 is 14.6 Å². The third-order valence-electron chi connectivity index (χ3n) is 4.07. The van der Waals surface area contributed by atoms with Crippen molar-refractivity contribution in [3.63, 3.8) is 0 Å². The van der Waals surface area contributed by atoms with E-state index in [9.17, 15) is 4.79 Å². The summed E-state index contributed by atoms with van der Waals surface area (Å²) in [5.41, 5.74) is 2.03. The standard InChI is InChI=1S/C21H23NO4S/c1-14(2)26-17-7-10-19-15(4-11-21(23)24)13-22(20(19)12-17)27-18-8-5-16(25-3)6-9-18/h5-10,12-14H,4,11H2,1-3H3,(H,23,24). The first kappa shape index (κ1) is 19.2. The van der Waals surface area contributed by atoms with Gasteiger partial charge in [0.25, 0.3) is 0 Å². The van der Waals surface area contributed by atoms with Gasteiger partial charge >= 0.3 is 5.97 Å². The Balaban J connectivity index is 1.97. The van der Waals surface area contributed by atoms with E-state index < -0.39 is 5.97 Å². The van der Waals surface area contributed by atoms with Crippen molar-refractivity contribution in [3.05, 3.63) is 54.2 Å². The first-order valence-electron chi connectivity index (χ1n) is 8.81. The molecule has 1 heterocycles. The Hall–Kier alpha value is -2.60. The summed E-state index contributed by atoms with van der Waals surface area (Å²) in [6, 6.07) is 13.8. The van der Waals surface area contributed by atoms with Crippen molar-refractivity contribution >= 4 is 28.8 Å². The monoisotopic (exact) mass is 385 g/mol. The van der Waals surface area contributed by atoms with Crippen molar-refractivity contribution in [2.45, 2.75) is 37.7 Å². The number of rotatable bonds is 8. The van der Waals surface area contributed by atoms with Crippen molar-refractivity contribution in [2.24, 2.45) is 0 Å². The molecule has 27 heavy (non-hydrogen) atoms. The molecular weight excluding hydrogens is 362 g/mol. The van der Waals surface area contributed by atoms with Crippen LogP contribution >= 0.6 is 11.9 Å². The van der Waals surface area contributed by atoms with Gasteiger partial charge in [-0.15, -0.1) is 0 Å². The Morgan fingerprint density at radius 3 is 2.48 bits per heavy atom. The minimum Gasteiger partial charge on any atom is -0.497 e. The van der Waals surface area contributed by atoms with Crippen LogP contribution in [0.25, 0.3) is 10.9 Å². The van der Waals surface area contributed by atoms with E-state index in [1.807, 2.05) is 62.5 Å². The van der Waals surface area contributed by atoms with E-state index in [2.05, 4.69) is 3.97 Å². The van der Waals surface area contributed by atoms with E-state index in [0.717, 1.165) is 32.9 Å². The molecule has 0 saturated heterocycles. The van der Waals surface area contributed by atoms with E-state index in [-0.39, 0.29) is 12.5 Å². The van der Waals surface area contributed by atoms with Crippen LogP contribution in [0, 0.1) is 0 Å². The van der Waals surface area contributed by atoms with Crippen molar-refractivity contribution in [2.75, 3.05) is 7.11 Å². The normalized spacial score (nSPS) is 11.1. The molecule has 0 fully saturated rings. The number of nitrogens with zero attached hydrogens (tertiary/aromatic N) is 1. The summed E-state index contributed by atoms with van der Waals surface area (Å²) in [5, 5.41) is 10.1. The molecule has 5 nitrogen and oxygen atoms in total. The minimum absolute atomic E-state index is 0.0894. The zero-order valence-corrected chi connectivity index (χ0v) is 16.5. The fraction of sp³-hybridized carbons (Fsp3) is 0.286. The van der Waals surface area contributed by atoms with Crippen molar-refractivity contribution in [1.82, 2.24) is 3.97 Å². The maximum atomic E-state index is 11.0. The number of fused-ring (bicyclic) bond motifs is 1. The predicted molar refractivity (Wildman–Crippen MR) is 108 cm³/mol. The average Bonchev–Trinajstić information content (AvgIpc) is 2.97. The van der Waals surface area contributed by atoms with Crippen LogP contribution in [0.1, 0.15) is 25.8 Å². The van der Waals surface area contributed by atoms with Crippen LogP contribution in [0.2, 0.25) is 0 Å². The Bertz CT molecular complexity index is 931. The average molecular weight is 385 g/mol. The molecule has 0 aliphatic heterocycles. The van der Waals surface area contributed by atoms with Gasteiger partial charge in [-0.1, -0.05) is 0 Å². The molecule has 0 atom stereocenters. The molecule has 0 aliphatic rings. The zero-order chi connectivity index (χ0) is 19.4. The number of benzene rings is 2. The SMILES string of the molecule is COc1ccc(Sn2cc(CCC(=O)O)c3ccc(OC(C)C)cc32)cc1. The first-order chi connectivity index (χ1) is 13.0. The summed E-state index contributed by atoms with van der Waals surface area (Å²) in [6.45, 7) is 3.99. The molecule has 3 rings (SSSR count). The highest BCUT2D eigenvalue weighted by Crippen LogP contribution is 2.33. The maximum absolute atomic E-state index is 11.0. The fourth-order valence-electron chi connectivity index (χ4n) is 2.86.